The number of aromatic nitrogens is 5. The second-order valence-corrected chi connectivity index (χ2v) is 8.86. The number of carbonyl (C=O) groups is 1. The van der Waals surface area contributed by atoms with Gasteiger partial charge in [-0.3, -0.25) is 4.79 Å². The number of hydrogen-bond donors (Lipinski definition) is 3. The zero-order valence-electron chi connectivity index (χ0n) is 19.2. The van der Waals surface area contributed by atoms with Crippen molar-refractivity contribution in [2.75, 3.05) is 5.32 Å². The second-order valence-electron chi connectivity index (χ2n) is 8.86. The van der Waals surface area contributed by atoms with Gasteiger partial charge in [0.05, 0.1) is 11.7 Å². The lowest BCUT2D eigenvalue weighted by molar-refractivity contribution is 0.0912. The van der Waals surface area contributed by atoms with Crippen LogP contribution in [0.3, 0.4) is 0 Å². The van der Waals surface area contributed by atoms with Crippen LogP contribution in [0.4, 0.5) is 19.0 Å². The fourth-order valence-corrected chi connectivity index (χ4v) is 4.54. The number of hydrogen-bond acceptors (Lipinski definition) is 5. The molecule has 1 aliphatic carbocycles. The topological polar surface area (TPSA) is 101 Å². The summed E-state index contributed by atoms with van der Waals surface area (Å²) in [6.07, 6.45) is 7.14. The molecule has 1 amide bonds. The molecule has 4 aromatic rings. The highest BCUT2D eigenvalue weighted by molar-refractivity contribution is 5.94. The monoisotopic (exact) mass is 483 g/mol. The molecule has 0 radical (unpaired) electrons. The molecule has 0 spiro atoms. The summed E-state index contributed by atoms with van der Waals surface area (Å²) in [6, 6.07) is 1.73. The zero-order valence-corrected chi connectivity index (χ0v) is 19.2. The molecule has 3 heterocycles. The molecule has 8 nitrogen and oxygen atoms in total. The van der Waals surface area contributed by atoms with Gasteiger partial charge in [-0.25, -0.2) is 28.1 Å². The number of carbonyl (C=O) groups excluding carboxylic acids is 1. The highest BCUT2D eigenvalue weighted by atomic mass is 19.1. The van der Waals surface area contributed by atoms with Gasteiger partial charge in [-0.2, -0.15) is 0 Å². The first-order valence-corrected chi connectivity index (χ1v) is 11.3. The van der Waals surface area contributed by atoms with E-state index in [-0.39, 0.29) is 40.5 Å². The maximum absolute atomic E-state index is 14.6. The normalized spacial score (nSPS) is 18.1. The third-order valence-corrected chi connectivity index (χ3v) is 6.46. The molecule has 0 aliphatic heterocycles. The Morgan fingerprint density at radius 2 is 1.91 bits per heavy atom. The van der Waals surface area contributed by atoms with Crippen molar-refractivity contribution in [2.24, 2.45) is 7.05 Å². The Hall–Kier alpha value is -3.89. The number of H-pyrrole nitrogens is 1. The van der Waals surface area contributed by atoms with Crippen LogP contribution in [0.1, 0.15) is 42.0 Å². The van der Waals surface area contributed by atoms with E-state index in [1.807, 2.05) is 6.92 Å². The van der Waals surface area contributed by atoms with E-state index in [0.29, 0.717) is 17.8 Å². The molecule has 0 saturated heterocycles. The lowest BCUT2D eigenvalue weighted by Crippen LogP contribution is -2.42. The molecule has 0 bridgehead atoms. The number of fused-ring (bicyclic) bond motifs is 1. The largest absolute Gasteiger partial charge is 0.365 e. The number of aromatic amines is 1. The fourth-order valence-electron chi connectivity index (χ4n) is 4.54. The number of anilines is 1. The third kappa shape index (κ3) is 4.45. The van der Waals surface area contributed by atoms with Crippen LogP contribution in [0.15, 0.2) is 30.7 Å². The zero-order chi connectivity index (χ0) is 24.7. The van der Waals surface area contributed by atoms with Crippen LogP contribution in [-0.4, -0.2) is 42.5 Å². The molecular formula is C24H24F3N7O. The lowest BCUT2D eigenvalue weighted by atomic mass is 9.91. The van der Waals surface area contributed by atoms with E-state index in [4.69, 9.17) is 0 Å². The Balaban J connectivity index is 1.33. The molecule has 2 atom stereocenters. The Morgan fingerprint density at radius 3 is 2.69 bits per heavy atom. The molecule has 11 heteroatoms. The fraction of sp³-hybridized carbons (Fsp3) is 0.333. The Kier molecular flexibility index (Phi) is 5.91. The average molecular weight is 483 g/mol. The van der Waals surface area contributed by atoms with E-state index in [1.165, 1.54) is 12.3 Å². The average Bonchev–Trinajstić information content (AvgIpc) is 3.39. The molecule has 1 fully saturated rings. The maximum Gasteiger partial charge on any atom is 0.287 e. The Labute approximate surface area is 199 Å². The molecule has 1 aromatic carbocycles. The van der Waals surface area contributed by atoms with Crippen molar-refractivity contribution >= 4 is 22.6 Å². The summed E-state index contributed by atoms with van der Waals surface area (Å²) in [5, 5.41) is 6.41. The summed E-state index contributed by atoms with van der Waals surface area (Å²) in [5.41, 5.74) is 1.37. The smallest absolute Gasteiger partial charge is 0.287 e. The minimum atomic E-state index is -0.734. The van der Waals surface area contributed by atoms with Crippen LogP contribution in [0.25, 0.3) is 22.3 Å². The van der Waals surface area contributed by atoms with Crippen LogP contribution in [0.2, 0.25) is 0 Å². The predicted octanol–water partition coefficient (Wildman–Crippen LogP) is 4.24. The standard InChI is InChI=1S/C24H24F3N7O/c1-12-9-30-23(34(12)2)24(35)32-15-5-3-4-14(8-15)31-22-19(27)11-29-21(33-22)17-10-28-20-16(17)6-13(25)7-18(20)26/h6-7,9-11,14-15,28H,3-5,8H2,1-2H3,(H,32,35)(H,29,31,33)/t14-,15+/m0/s1. The Bertz CT molecular complexity index is 1410. The molecule has 35 heavy (non-hydrogen) atoms. The highest BCUT2D eigenvalue weighted by Gasteiger charge is 2.26. The summed E-state index contributed by atoms with van der Waals surface area (Å²) < 4.78 is 44.2. The summed E-state index contributed by atoms with van der Waals surface area (Å²) in [6.45, 7) is 1.87. The molecule has 5 rings (SSSR count). The van der Waals surface area contributed by atoms with Gasteiger partial charge in [0, 0.05) is 54.2 Å². The molecule has 3 aromatic heterocycles. The van der Waals surface area contributed by atoms with E-state index >= 15 is 0 Å². The molecule has 3 N–H and O–H groups in total. The van der Waals surface area contributed by atoms with Gasteiger partial charge >= 0.3 is 0 Å². The van der Waals surface area contributed by atoms with Gasteiger partial charge in [-0.1, -0.05) is 0 Å². The number of nitrogens with one attached hydrogen (secondary N) is 3. The molecule has 1 aliphatic rings. The predicted molar refractivity (Wildman–Crippen MR) is 124 cm³/mol. The van der Waals surface area contributed by atoms with E-state index < -0.39 is 17.5 Å². The van der Waals surface area contributed by atoms with Gasteiger partial charge < -0.3 is 20.2 Å². The summed E-state index contributed by atoms with van der Waals surface area (Å²) in [7, 11) is 1.79. The first kappa shape index (κ1) is 22.9. The highest BCUT2D eigenvalue weighted by Crippen LogP contribution is 2.30. The summed E-state index contributed by atoms with van der Waals surface area (Å²) in [5.74, 6) is -1.87. The molecule has 0 unspecified atom stereocenters. The third-order valence-electron chi connectivity index (χ3n) is 6.46. The van der Waals surface area contributed by atoms with Crippen LogP contribution in [0.5, 0.6) is 0 Å². The number of halogens is 3. The Morgan fingerprint density at radius 1 is 1.11 bits per heavy atom. The second kappa shape index (κ2) is 9.05. The van der Waals surface area contributed by atoms with Crippen molar-refractivity contribution in [3.05, 3.63) is 59.7 Å². The number of amides is 1. The van der Waals surface area contributed by atoms with Crippen molar-refractivity contribution in [3.63, 3.8) is 0 Å². The lowest BCUT2D eigenvalue weighted by Gasteiger charge is -2.30. The summed E-state index contributed by atoms with van der Waals surface area (Å²) in [4.78, 5) is 27.9. The number of nitrogens with zero attached hydrogens (tertiary/aromatic N) is 4. The van der Waals surface area contributed by atoms with Gasteiger partial charge in [0.25, 0.3) is 5.91 Å². The van der Waals surface area contributed by atoms with Crippen molar-refractivity contribution in [3.8, 4) is 11.4 Å². The van der Waals surface area contributed by atoms with E-state index in [9.17, 15) is 18.0 Å². The van der Waals surface area contributed by atoms with E-state index in [1.54, 1.807) is 17.8 Å². The van der Waals surface area contributed by atoms with Crippen molar-refractivity contribution in [1.29, 1.82) is 0 Å². The molecule has 1 saturated carbocycles. The van der Waals surface area contributed by atoms with Crippen LogP contribution in [-0.2, 0) is 7.05 Å². The number of aryl methyl sites for hydroxylation is 1. The van der Waals surface area contributed by atoms with Crippen molar-refractivity contribution < 1.29 is 18.0 Å². The van der Waals surface area contributed by atoms with Gasteiger partial charge in [0.15, 0.2) is 23.3 Å². The summed E-state index contributed by atoms with van der Waals surface area (Å²) >= 11 is 0. The molecular weight excluding hydrogens is 459 g/mol. The van der Waals surface area contributed by atoms with Crippen LogP contribution in [0, 0.1) is 24.4 Å². The minimum Gasteiger partial charge on any atom is -0.365 e. The quantitative estimate of drug-likeness (QED) is 0.394. The maximum atomic E-state index is 14.6. The van der Waals surface area contributed by atoms with Crippen molar-refractivity contribution in [2.45, 2.75) is 44.7 Å². The first-order valence-electron chi connectivity index (χ1n) is 11.3. The van der Waals surface area contributed by atoms with Gasteiger partial charge in [-0.05, 0) is 38.7 Å². The van der Waals surface area contributed by atoms with Crippen LogP contribution < -0.4 is 10.6 Å². The number of rotatable bonds is 5. The number of benzene rings is 1. The van der Waals surface area contributed by atoms with E-state index in [2.05, 4.69) is 30.6 Å². The minimum absolute atomic E-state index is 0.00192. The van der Waals surface area contributed by atoms with Gasteiger partial charge in [0.1, 0.15) is 11.6 Å². The number of imidazole rings is 1. The van der Waals surface area contributed by atoms with Crippen molar-refractivity contribution in [1.82, 2.24) is 29.8 Å². The SMILES string of the molecule is Cc1cnc(C(=O)N[C@@H]2CCC[C@H](Nc3nc(-c4c[nH]c5c(F)cc(F)cc45)ncc3F)C2)n1C. The first-order chi connectivity index (χ1) is 16.8. The molecule has 182 valence electrons. The van der Waals surface area contributed by atoms with Gasteiger partial charge in [-0.15, -0.1) is 0 Å². The van der Waals surface area contributed by atoms with E-state index in [0.717, 1.165) is 37.2 Å². The van der Waals surface area contributed by atoms with Gasteiger partial charge in [0.2, 0.25) is 0 Å². The van der Waals surface area contributed by atoms with Crippen LogP contribution >= 0.6 is 0 Å².